The van der Waals surface area contributed by atoms with Crippen LogP contribution in [0.15, 0.2) is 18.2 Å². The van der Waals surface area contributed by atoms with Crippen LogP contribution in [0.5, 0.6) is 5.75 Å². The third-order valence-corrected chi connectivity index (χ3v) is 2.89. The van der Waals surface area contributed by atoms with Gasteiger partial charge in [0.2, 0.25) is 0 Å². The van der Waals surface area contributed by atoms with Crippen molar-refractivity contribution in [3.63, 3.8) is 0 Å². The first-order valence-electron chi connectivity index (χ1n) is 6.34. The maximum atomic E-state index is 5.86. The topological polar surface area (TPSA) is 88.1 Å². The van der Waals surface area contributed by atoms with E-state index in [-0.39, 0.29) is 0 Å². The fourth-order valence-electron chi connectivity index (χ4n) is 2.04. The molecule has 108 valence electrons. The van der Waals surface area contributed by atoms with E-state index in [4.69, 9.17) is 15.2 Å². The van der Waals surface area contributed by atoms with Crippen molar-refractivity contribution in [1.82, 2.24) is 20.2 Å². The monoisotopic (exact) mass is 277 g/mol. The average molecular weight is 277 g/mol. The van der Waals surface area contributed by atoms with E-state index in [2.05, 4.69) is 22.4 Å². The third-order valence-electron chi connectivity index (χ3n) is 2.89. The van der Waals surface area contributed by atoms with Crippen molar-refractivity contribution < 1.29 is 9.47 Å². The van der Waals surface area contributed by atoms with E-state index in [9.17, 15) is 0 Å². The largest absolute Gasteiger partial charge is 0.497 e. The number of nitrogen functional groups attached to an aromatic ring is 1. The second kappa shape index (κ2) is 6.33. The van der Waals surface area contributed by atoms with Crippen LogP contribution < -0.4 is 10.5 Å². The summed E-state index contributed by atoms with van der Waals surface area (Å²) in [4.78, 5) is 0. The van der Waals surface area contributed by atoms with Gasteiger partial charge in [0, 0.05) is 31.0 Å². The Balaban J connectivity index is 2.29. The summed E-state index contributed by atoms with van der Waals surface area (Å²) in [5.41, 5.74) is 7.30. The third kappa shape index (κ3) is 3.24. The maximum Gasteiger partial charge on any atom is 0.182 e. The fraction of sp³-hybridized carbons (Fsp3) is 0.462. The molecule has 0 saturated carbocycles. The molecule has 0 bridgehead atoms. The van der Waals surface area contributed by atoms with Gasteiger partial charge in [0.25, 0.3) is 0 Å². The Kier molecular flexibility index (Phi) is 4.52. The summed E-state index contributed by atoms with van der Waals surface area (Å²) in [5, 5.41) is 11.8. The van der Waals surface area contributed by atoms with E-state index in [1.165, 1.54) is 0 Å². The van der Waals surface area contributed by atoms with Crippen LogP contribution in [0.25, 0.3) is 11.4 Å². The van der Waals surface area contributed by atoms with Crippen LogP contribution in [0.3, 0.4) is 0 Å². The van der Waals surface area contributed by atoms with Crippen molar-refractivity contribution in [3.8, 4) is 17.1 Å². The van der Waals surface area contributed by atoms with Gasteiger partial charge in [-0.05, 0) is 28.5 Å². The second-order valence-electron chi connectivity index (χ2n) is 4.74. The molecule has 0 aliphatic heterocycles. The van der Waals surface area contributed by atoms with Gasteiger partial charge in [-0.2, -0.15) is 0 Å². The van der Waals surface area contributed by atoms with Gasteiger partial charge in [-0.1, -0.05) is 6.92 Å². The minimum absolute atomic E-state index is 0.310. The van der Waals surface area contributed by atoms with E-state index in [1.54, 1.807) is 25.0 Å². The quantitative estimate of drug-likeness (QED) is 0.798. The number of benzene rings is 1. The number of hydrogen-bond acceptors (Lipinski definition) is 6. The summed E-state index contributed by atoms with van der Waals surface area (Å²) >= 11 is 0. The summed E-state index contributed by atoms with van der Waals surface area (Å²) in [6.07, 6.45) is 0. The number of aromatic nitrogens is 4. The molecule has 0 saturated heterocycles. The molecule has 2 rings (SSSR count). The molecule has 7 heteroatoms. The number of methoxy groups -OCH3 is 2. The van der Waals surface area contributed by atoms with Crippen molar-refractivity contribution >= 4 is 5.69 Å². The molecule has 1 unspecified atom stereocenters. The van der Waals surface area contributed by atoms with Gasteiger partial charge >= 0.3 is 0 Å². The number of ether oxygens (including phenoxy) is 2. The highest BCUT2D eigenvalue weighted by Crippen LogP contribution is 2.25. The van der Waals surface area contributed by atoms with Gasteiger partial charge in [0.1, 0.15) is 5.75 Å². The highest BCUT2D eigenvalue weighted by Gasteiger charge is 2.13. The zero-order valence-corrected chi connectivity index (χ0v) is 11.9. The van der Waals surface area contributed by atoms with Crippen molar-refractivity contribution in [2.75, 3.05) is 26.6 Å². The van der Waals surface area contributed by atoms with Crippen molar-refractivity contribution in [2.45, 2.75) is 13.5 Å². The second-order valence-corrected chi connectivity index (χ2v) is 4.74. The molecule has 2 aromatic rings. The number of nitrogens with two attached hydrogens (primary N) is 1. The van der Waals surface area contributed by atoms with E-state index in [1.807, 2.05) is 12.1 Å². The molecule has 0 aliphatic carbocycles. The lowest BCUT2D eigenvalue weighted by Gasteiger charge is -2.11. The number of anilines is 1. The molecular formula is C13H19N5O2. The molecule has 20 heavy (non-hydrogen) atoms. The standard InChI is InChI=1S/C13H19N5O2/c1-9(8-19-2)7-18-13(15-16-17-18)10-4-11(14)6-12(5-10)20-3/h4-6,9H,7-8,14H2,1-3H3. The van der Waals surface area contributed by atoms with Crippen LogP contribution in [-0.4, -0.2) is 41.0 Å². The van der Waals surface area contributed by atoms with Crippen molar-refractivity contribution in [3.05, 3.63) is 18.2 Å². The first kappa shape index (κ1) is 14.3. The average Bonchev–Trinajstić information content (AvgIpc) is 2.86. The SMILES string of the molecule is COCC(C)Cn1nnnc1-c1cc(N)cc(OC)c1. The fourth-order valence-corrected chi connectivity index (χ4v) is 2.04. The molecule has 0 amide bonds. The molecule has 0 radical (unpaired) electrons. The summed E-state index contributed by atoms with van der Waals surface area (Å²) in [6, 6.07) is 5.44. The molecule has 0 fully saturated rings. The minimum Gasteiger partial charge on any atom is -0.497 e. The number of hydrogen-bond donors (Lipinski definition) is 1. The van der Waals surface area contributed by atoms with E-state index < -0.39 is 0 Å². The lowest BCUT2D eigenvalue weighted by Crippen LogP contribution is -2.14. The zero-order chi connectivity index (χ0) is 14.5. The minimum atomic E-state index is 0.310. The van der Waals surface area contributed by atoms with Crippen LogP contribution >= 0.6 is 0 Å². The molecule has 1 aromatic heterocycles. The predicted octanol–water partition coefficient (Wildman–Crippen LogP) is 1.21. The zero-order valence-electron chi connectivity index (χ0n) is 11.9. The molecular weight excluding hydrogens is 258 g/mol. The van der Waals surface area contributed by atoms with Gasteiger partial charge in [-0.25, -0.2) is 4.68 Å². The first-order valence-corrected chi connectivity index (χ1v) is 6.34. The number of tetrazole rings is 1. The van der Waals surface area contributed by atoms with Gasteiger partial charge in [-0.15, -0.1) is 5.10 Å². The molecule has 1 atom stereocenters. The highest BCUT2D eigenvalue weighted by molar-refractivity contribution is 5.64. The summed E-state index contributed by atoms with van der Waals surface area (Å²) in [6.45, 7) is 3.40. The maximum absolute atomic E-state index is 5.86. The van der Waals surface area contributed by atoms with E-state index >= 15 is 0 Å². The first-order chi connectivity index (χ1) is 9.63. The van der Waals surface area contributed by atoms with Gasteiger partial charge in [-0.3, -0.25) is 0 Å². The van der Waals surface area contributed by atoms with Gasteiger partial charge < -0.3 is 15.2 Å². The van der Waals surface area contributed by atoms with E-state index in [0.29, 0.717) is 36.3 Å². The smallest absolute Gasteiger partial charge is 0.182 e. The van der Waals surface area contributed by atoms with Crippen molar-refractivity contribution in [1.29, 1.82) is 0 Å². The molecule has 1 aromatic carbocycles. The van der Waals surface area contributed by atoms with Crippen LogP contribution in [0.2, 0.25) is 0 Å². The van der Waals surface area contributed by atoms with Gasteiger partial charge in [0.15, 0.2) is 5.82 Å². The lowest BCUT2D eigenvalue weighted by molar-refractivity contribution is 0.149. The summed E-state index contributed by atoms with van der Waals surface area (Å²) < 4.78 is 12.1. The van der Waals surface area contributed by atoms with Crippen LogP contribution in [0.4, 0.5) is 5.69 Å². The Morgan fingerprint density at radius 2 is 2.10 bits per heavy atom. The lowest BCUT2D eigenvalue weighted by atomic mass is 10.1. The predicted molar refractivity (Wildman–Crippen MR) is 75.3 cm³/mol. The normalized spacial score (nSPS) is 12.3. The van der Waals surface area contributed by atoms with Crippen molar-refractivity contribution in [2.24, 2.45) is 5.92 Å². The summed E-state index contributed by atoms with van der Waals surface area (Å²) in [5.74, 6) is 1.66. The highest BCUT2D eigenvalue weighted by atomic mass is 16.5. The molecule has 1 heterocycles. The van der Waals surface area contributed by atoms with E-state index in [0.717, 1.165) is 5.56 Å². The van der Waals surface area contributed by atoms with Crippen LogP contribution in [-0.2, 0) is 11.3 Å². The van der Waals surface area contributed by atoms with Crippen LogP contribution in [0, 0.1) is 5.92 Å². The number of nitrogens with zero attached hydrogens (tertiary/aromatic N) is 4. The molecule has 0 spiro atoms. The molecule has 2 N–H and O–H groups in total. The van der Waals surface area contributed by atoms with Gasteiger partial charge in [0.05, 0.1) is 13.7 Å². The Morgan fingerprint density at radius 1 is 1.30 bits per heavy atom. The Morgan fingerprint density at radius 3 is 2.80 bits per heavy atom. The number of rotatable bonds is 6. The molecule has 7 nitrogen and oxygen atoms in total. The Hall–Kier alpha value is -2.15. The van der Waals surface area contributed by atoms with Crippen LogP contribution in [0.1, 0.15) is 6.92 Å². The summed E-state index contributed by atoms with van der Waals surface area (Å²) in [7, 11) is 3.28. The molecule has 0 aliphatic rings. The Labute approximate surface area is 117 Å². The Bertz CT molecular complexity index is 570.